The van der Waals surface area contributed by atoms with E-state index in [0.29, 0.717) is 39.6 Å². The summed E-state index contributed by atoms with van der Waals surface area (Å²) in [6.07, 6.45) is 0. The minimum Gasteiger partial charge on any atom is -2.00 e. The second-order valence-corrected chi connectivity index (χ2v) is 9.81. The Morgan fingerprint density at radius 1 is 0.435 bits per heavy atom. The minimum atomic E-state index is -2.26. The van der Waals surface area contributed by atoms with Crippen LogP contribution in [0.2, 0.25) is 0 Å². The Kier molecular flexibility index (Phi) is 49.5. The van der Waals surface area contributed by atoms with Crippen LogP contribution in [0.1, 0.15) is 41.5 Å². The maximum Gasteiger partial charge on any atom is -0.0149 e. The summed E-state index contributed by atoms with van der Waals surface area (Å²) in [5, 5.41) is 0. The van der Waals surface area contributed by atoms with Crippen LogP contribution in [0.3, 0.4) is 0 Å². The number of rotatable bonds is 12. The summed E-state index contributed by atoms with van der Waals surface area (Å²) in [6, 6.07) is 0. The molecular formula is C12H38O7Si2Zr2. The predicted molar refractivity (Wildman–Crippen MR) is 93.1 cm³/mol. The topological polar surface area (TPSA) is 83.9 Å². The standard InChI is InChI=1S/6C2H5O.O.2H4Si.2Zr/c6*1-2-3;;;;;/h6*2H2,1H3;;2*1H4;;/q6*-1;-2;;;2*+4. The molecule has 144 valence electrons. The molecule has 0 atom stereocenters. The second kappa shape index (κ2) is 31.7. The van der Waals surface area contributed by atoms with E-state index in [0.717, 1.165) is 0 Å². The Balaban J connectivity index is -0.0000000831. The maximum atomic E-state index is 5.28. The van der Waals surface area contributed by atoms with Crippen molar-refractivity contribution >= 4 is 21.9 Å². The SMILES string of the molecule is CC[O][Zr+]([O]CC)[O]CC.CC[O][Zr+]([O]CC)[O]CC.[O-2].[SiH4].[SiH4]. The zero-order valence-corrected chi connectivity index (χ0v) is 19.0. The Morgan fingerprint density at radius 2 is 0.565 bits per heavy atom. The molecule has 0 bridgehead atoms. The molecule has 0 unspecified atom stereocenters. The van der Waals surface area contributed by atoms with E-state index in [1.54, 1.807) is 0 Å². The molecule has 0 saturated carbocycles. The van der Waals surface area contributed by atoms with Gasteiger partial charge in [0.2, 0.25) is 0 Å². The van der Waals surface area contributed by atoms with Gasteiger partial charge in [-0.05, 0) is 21.9 Å². The van der Waals surface area contributed by atoms with Crippen LogP contribution in [0.25, 0.3) is 0 Å². The fourth-order valence-corrected chi connectivity index (χ4v) is 5.66. The Morgan fingerprint density at radius 3 is 0.652 bits per heavy atom. The average molecular weight is 533 g/mol. The zero-order chi connectivity index (χ0) is 15.6. The first-order valence-corrected chi connectivity index (χ1v) is 13.2. The molecule has 0 radical (unpaired) electrons. The van der Waals surface area contributed by atoms with E-state index in [1.807, 2.05) is 41.5 Å². The maximum absolute atomic E-state index is 5.28. The van der Waals surface area contributed by atoms with Crippen molar-refractivity contribution in [2.45, 2.75) is 41.5 Å². The molecule has 23 heavy (non-hydrogen) atoms. The van der Waals surface area contributed by atoms with Crippen LogP contribution in [0.5, 0.6) is 0 Å². The van der Waals surface area contributed by atoms with Gasteiger partial charge in [0.05, 0.1) is 0 Å². The Hall–Kier alpha value is 1.92. The van der Waals surface area contributed by atoms with E-state index in [9.17, 15) is 0 Å². The largest absolute Gasteiger partial charge is 2.00 e. The molecule has 0 N–H and O–H groups in total. The first-order chi connectivity index (χ1) is 9.69. The molecule has 0 amide bonds. The van der Waals surface area contributed by atoms with Gasteiger partial charge in [-0.15, -0.1) is 0 Å². The fraction of sp³-hybridized carbons (Fsp3) is 1.00. The van der Waals surface area contributed by atoms with Crippen molar-refractivity contribution in [1.82, 2.24) is 0 Å². The van der Waals surface area contributed by atoms with Crippen LogP contribution in [0.15, 0.2) is 0 Å². The third-order valence-corrected chi connectivity index (χ3v) is 9.31. The van der Waals surface area contributed by atoms with Crippen molar-refractivity contribution in [3.05, 3.63) is 0 Å². The second-order valence-electron chi connectivity index (χ2n) is 3.10. The van der Waals surface area contributed by atoms with Crippen molar-refractivity contribution in [2.24, 2.45) is 0 Å². The molecule has 0 heterocycles. The van der Waals surface area contributed by atoms with E-state index in [1.165, 1.54) is 0 Å². The van der Waals surface area contributed by atoms with Gasteiger partial charge in [-0.25, -0.2) is 0 Å². The Bertz CT molecular complexity index is 141. The van der Waals surface area contributed by atoms with Gasteiger partial charge in [0.25, 0.3) is 0 Å². The van der Waals surface area contributed by atoms with Crippen molar-refractivity contribution < 1.29 is 68.5 Å². The molecule has 0 aromatic heterocycles. The van der Waals surface area contributed by atoms with Crippen LogP contribution < -0.4 is 0 Å². The van der Waals surface area contributed by atoms with Gasteiger partial charge in [-0.3, -0.25) is 0 Å². The first kappa shape index (κ1) is 35.9. The van der Waals surface area contributed by atoms with Gasteiger partial charge in [0.15, 0.2) is 0 Å². The molecule has 0 spiro atoms. The molecule has 0 aliphatic heterocycles. The summed E-state index contributed by atoms with van der Waals surface area (Å²) in [4.78, 5) is 0. The van der Waals surface area contributed by atoms with Crippen molar-refractivity contribution in [3.63, 3.8) is 0 Å². The quantitative estimate of drug-likeness (QED) is 0.326. The average Bonchev–Trinajstić information content (AvgIpc) is 2.41. The first-order valence-electron chi connectivity index (χ1n) is 7.20. The third-order valence-electron chi connectivity index (χ3n) is 1.57. The van der Waals surface area contributed by atoms with E-state index in [2.05, 4.69) is 0 Å². The van der Waals surface area contributed by atoms with Crippen molar-refractivity contribution in [1.29, 1.82) is 0 Å². The summed E-state index contributed by atoms with van der Waals surface area (Å²) in [5.41, 5.74) is 0. The molecule has 0 aromatic rings. The van der Waals surface area contributed by atoms with E-state index < -0.39 is 46.1 Å². The summed E-state index contributed by atoms with van der Waals surface area (Å²) < 4.78 is 31.6. The van der Waals surface area contributed by atoms with Gasteiger partial charge in [-0.1, -0.05) is 0 Å². The van der Waals surface area contributed by atoms with Crippen LogP contribution in [-0.4, -0.2) is 61.6 Å². The zero-order valence-electron chi connectivity index (χ0n) is 14.1. The monoisotopic (exact) mass is 530 g/mol. The summed E-state index contributed by atoms with van der Waals surface area (Å²) >= 11 is -4.52. The Labute approximate surface area is 170 Å². The predicted octanol–water partition coefficient (Wildman–Crippen LogP) is -0.104. The number of hydrogen-bond donors (Lipinski definition) is 0. The molecule has 0 aliphatic rings. The third kappa shape index (κ3) is 29.0. The minimum absolute atomic E-state index is 0. The van der Waals surface area contributed by atoms with Crippen molar-refractivity contribution in [3.8, 4) is 0 Å². The molecule has 0 fully saturated rings. The molecular weight excluding hydrogens is 495 g/mol. The molecule has 0 saturated heterocycles. The van der Waals surface area contributed by atoms with Gasteiger partial charge in [-0.2, -0.15) is 0 Å². The summed E-state index contributed by atoms with van der Waals surface area (Å²) in [7, 11) is 0. The van der Waals surface area contributed by atoms with Crippen LogP contribution in [0, 0.1) is 0 Å². The van der Waals surface area contributed by atoms with Gasteiger partial charge >= 0.3 is 144 Å². The van der Waals surface area contributed by atoms with Crippen LogP contribution in [0.4, 0.5) is 0 Å². The van der Waals surface area contributed by atoms with E-state index >= 15 is 0 Å². The summed E-state index contributed by atoms with van der Waals surface area (Å²) in [6.45, 7) is 16.0. The summed E-state index contributed by atoms with van der Waals surface area (Å²) in [5.74, 6) is 0. The van der Waals surface area contributed by atoms with E-state index in [4.69, 9.17) is 16.9 Å². The van der Waals surface area contributed by atoms with Gasteiger partial charge in [0, 0.05) is 0 Å². The van der Waals surface area contributed by atoms with Gasteiger partial charge < -0.3 is 5.48 Å². The fourth-order valence-electron chi connectivity index (χ4n) is 0.957. The van der Waals surface area contributed by atoms with Gasteiger partial charge in [0.1, 0.15) is 0 Å². The van der Waals surface area contributed by atoms with Crippen molar-refractivity contribution in [2.75, 3.05) is 39.6 Å². The molecule has 0 aliphatic carbocycles. The van der Waals surface area contributed by atoms with E-state index in [-0.39, 0.29) is 27.4 Å². The molecule has 7 nitrogen and oxygen atoms in total. The molecule has 0 rings (SSSR count). The normalized spacial score (nSPS) is 8.61. The smallest absolute Gasteiger partial charge is 0.0149 e. The number of hydrogen-bond acceptors (Lipinski definition) is 6. The molecule has 11 heteroatoms. The molecule has 0 aromatic carbocycles. The van der Waals surface area contributed by atoms with Crippen LogP contribution in [-0.2, 0) is 68.5 Å². The van der Waals surface area contributed by atoms with Crippen LogP contribution >= 0.6 is 0 Å².